The minimum Gasteiger partial charge on any atom is -0.482 e. The summed E-state index contributed by atoms with van der Waals surface area (Å²) in [6, 6.07) is 10.7. The first-order valence-electron chi connectivity index (χ1n) is 12.0. The van der Waals surface area contributed by atoms with E-state index in [4.69, 9.17) is 25.8 Å². The maximum Gasteiger partial charge on any atom is 0.434 e. The van der Waals surface area contributed by atoms with E-state index in [1.807, 2.05) is 0 Å². The number of fused-ring (bicyclic) bond motifs is 1. The number of aromatic nitrogens is 1. The first-order chi connectivity index (χ1) is 19.0. The molecule has 4 rings (SSSR count). The van der Waals surface area contributed by atoms with Crippen LogP contribution in [0.15, 0.2) is 69.6 Å². The van der Waals surface area contributed by atoms with Crippen LogP contribution in [0.1, 0.15) is 31.0 Å². The number of rotatable bonds is 8. The number of esters is 2. The number of thiazole rings is 1. The van der Waals surface area contributed by atoms with Gasteiger partial charge in [-0.15, -0.1) is 0 Å². The van der Waals surface area contributed by atoms with Crippen molar-refractivity contribution >= 4 is 41.0 Å². The molecule has 3 aromatic rings. The normalized spacial score (nSPS) is 15.3. The van der Waals surface area contributed by atoms with Crippen molar-refractivity contribution in [1.82, 2.24) is 4.57 Å². The molecule has 0 amide bonds. The van der Waals surface area contributed by atoms with Crippen molar-refractivity contribution in [3.8, 4) is 5.75 Å². The summed E-state index contributed by atoms with van der Waals surface area (Å²) in [4.78, 5) is 41.6. The monoisotopic (exact) mass is 594 g/mol. The Labute approximate surface area is 234 Å². The lowest BCUT2D eigenvalue weighted by Crippen LogP contribution is -2.41. The van der Waals surface area contributed by atoms with Crippen molar-refractivity contribution in [2.75, 3.05) is 19.8 Å². The summed E-state index contributed by atoms with van der Waals surface area (Å²) < 4.78 is 58.9. The highest BCUT2D eigenvalue weighted by atomic mass is 35.5. The fraction of sp³-hybridized carbons (Fsp3) is 0.259. The van der Waals surface area contributed by atoms with E-state index in [0.717, 1.165) is 15.9 Å². The van der Waals surface area contributed by atoms with E-state index >= 15 is 0 Å². The average Bonchev–Trinajstić information content (AvgIpc) is 3.21. The van der Waals surface area contributed by atoms with E-state index in [1.54, 1.807) is 31.2 Å². The smallest absolute Gasteiger partial charge is 0.434 e. The zero-order chi connectivity index (χ0) is 29.0. The van der Waals surface area contributed by atoms with Crippen molar-refractivity contribution in [3.05, 3.63) is 95.6 Å². The molecule has 210 valence electrons. The third kappa shape index (κ3) is 6.28. The highest BCUT2D eigenvalue weighted by Gasteiger charge is 2.45. The summed E-state index contributed by atoms with van der Waals surface area (Å²) in [6.07, 6.45) is -3.55. The number of carbonyl (C=O) groups excluding carboxylic acids is 2. The van der Waals surface area contributed by atoms with Crippen LogP contribution >= 0.6 is 22.9 Å². The molecule has 13 heteroatoms. The summed E-state index contributed by atoms with van der Waals surface area (Å²) >= 11 is 6.72. The second kappa shape index (κ2) is 12.1. The maximum absolute atomic E-state index is 14.2. The van der Waals surface area contributed by atoms with Gasteiger partial charge in [0.25, 0.3) is 5.56 Å². The van der Waals surface area contributed by atoms with Gasteiger partial charge in [0, 0.05) is 5.02 Å². The average molecular weight is 595 g/mol. The molecule has 40 heavy (non-hydrogen) atoms. The van der Waals surface area contributed by atoms with Crippen molar-refractivity contribution in [3.63, 3.8) is 0 Å². The topological polar surface area (TPSA) is 96.2 Å². The molecule has 0 unspecified atom stereocenters. The second-order valence-corrected chi connectivity index (χ2v) is 9.73. The Morgan fingerprint density at radius 2 is 1.80 bits per heavy atom. The molecule has 0 spiro atoms. The highest BCUT2D eigenvalue weighted by molar-refractivity contribution is 7.07. The first kappa shape index (κ1) is 29.1. The van der Waals surface area contributed by atoms with Crippen molar-refractivity contribution in [2.45, 2.75) is 26.1 Å². The molecule has 0 radical (unpaired) electrons. The molecule has 0 saturated carbocycles. The van der Waals surface area contributed by atoms with Gasteiger partial charge in [0.05, 0.1) is 29.4 Å². The Balaban J connectivity index is 1.87. The van der Waals surface area contributed by atoms with Gasteiger partial charge in [0.15, 0.2) is 17.1 Å². The predicted molar refractivity (Wildman–Crippen MR) is 141 cm³/mol. The fourth-order valence-corrected chi connectivity index (χ4v) is 5.12. The van der Waals surface area contributed by atoms with Gasteiger partial charge in [0.1, 0.15) is 5.75 Å². The SMILES string of the molecule is CCOC(=O)COc1cccc(/C=c2\sc3n(c2=O)[C@@H](c2ccc(Cl)cc2)C(C(=O)OCC)=C(C(F)(F)F)N=3)c1. The maximum atomic E-state index is 14.2. The van der Waals surface area contributed by atoms with E-state index in [2.05, 4.69) is 4.99 Å². The third-order valence-corrected chi connectivity index (χ3v) is 6.83. The number of allylic oxidation sites excluding steroid dienone is 1. The molecule has 2 aromatic carbocycles. The largest absolute Gasteiger partial charge is 0.482 e. The Morgan fingerprint density at radius 3 is 2.45 bits per heavy atom. The molecule has 1 aliphatic rings. The molecule has 8 nitrogen and oxygen atoms in total. The van der Waals surface area contributed by atoms with Gasteiger partial charge in [0.2, 0.25) is 0 Å². The van der Waals surface area contributed by atoms with Crippen molar-refractivity contribution in [1.29, 1.82) is 0 Å². The van der Waals surface area contributed by atoms with Crippen LogP contribution in [-0.2, 0) is 19.1 Å². The van der Waals surface area contributed by atoms with E-state index in [9.17, 15) is 27.6 Å². The van der Waals surface area contributed by atoms with Gasteiger partial charge in [-0.3, -0.25) is 9.36 Å². The molecule has 0 aliphatic carbocycles. The van der Waals surface area contributed by atoms with Crippen LogP contribution in [0.3, 0.4) is 0 Å². The van der Waals surface area contributed by atoms with Crippen LogP contribution < -0.4 is 19.6 Å². The summed E-state index contributed by atoms with van der Waals surface area (Å²) in [7, 11) is 0. The summed E-state index contributed by atoms with van der Waals surface area (Å²) in [5.74, 6) is -1.47. The van der Waals surface area contributed by atoms with Gasteiger partial charge in [-0.2, -0.15) is 13.2 Å². The molecular formula is C27H22ClF3N2O6S. The van der Waals surface area contributed by atoms with Crippen molar-refractivity contribution in [2.24, 2.45) is 4.99 Å². The molecule has 1 atom stereocenters. The Bertz CT molecular complexity index is 1640. The molecular weight excluding hydrogens is 573 g/mol. The van der Waals surface area contributed by atoms with E-state index in [1.165, 1.54) is 37.3 Å². The van der Waals surface area contributed by atoms with Crippen LogP contribution in [0.25, 0.3) is 6.08 Å². The summed E-state index contributed by atoms with van der Waals surface area (Å²) in [5.41, 5.74) is -2.20. The predicted octanol–water partition coefficient (Wildman–Crippen LogP) is 3.94. The molecule has 1 aromatic heterocycles. The standard InChI is InChI=1S/C27H22ClF3N2O6S/c1-3-37-20(34)14-39-18-7-5-6-15(12-18)13-19-24(35)33-22(16-8-10-17(28)11-9-16)21(25(36)38-4-2)23(27(29,30)31)32-26(33)40-19/h5-13,22H,3-4,14H2,1-2H3/b19-13-/t22-/m0/s1. The van der Waals surface area contributed by atoms with Crippen LogP contribution in [0.4, 0.5) is 13.2 Å². The number of alkyl halides is 3. The number of hydrogen-bond acceptors (Lipinski definition) is 8. The number of hydrogen-bond donors (Lipinski definition) is 0. The van der Waals surface area contributed by atoms with E-state index < -0.39 is 41.0 Å². The van der Waals surface area contributed by atoms with Crippen molar-refractivity contribution < 1.29 is 37.0 Å². The number of benzene rings is 2. The zero-order valence-corrected chi connectivity index (χ0v) is 22.7. The Kier molecular flexibility index (Phi) is 8.79. The number of carbonyl (C=O) groups is 2. The second-order valence-electron chi connectivity index (χ2n) is 8.28. The number of ether oxygens (including phenoxy) is 3. The molecule has 2 heterocycles. The summed E-state index contributed by atoms with van der Waals surface area (Å²) in [6.45, 7) is 2.83. The van der Waals surface area contributed by atoms with Gasteiger partial charge >= 0.3 is 18.1 Å². The lowest BCUT2D eigenvalue weighted by atomic mass is 9.95. The quantitative estimate of drug-likeness (QED) is 0.367. The van der Waals surface area contributed by atoms with E-state index in [-0.39, 0.29) is 34.7 Å². The number of halogens is 4. The first-order valence-corrected chi connectivity index (χ1v) is 13.2. The lowest BCUT2D eigenvalue weighted by Gasteiger charge is -2.26. The van der Waals surface area contributed by atoms with Gasteiger partial charge in [-0.25, -0.2) is 14.6 Å². The Hall–Kier alpha value is -3.90. The molecule has 0 fully saturated rings. The van der Waals surface area contributed by atoms with Gasteiger partial charge < -0.3 is 14.2 Å². The fourth-order valence-electron chi connectivity index (χ4n) is 3.99. The van der Waals surface area contributed by atoms with Gasteiger partial charge in [-0.05, 0) is 55.3 Å². The summed E-state index contributed by atoms with van der Waals surface area (Å²) in [5, 5.41) is 0.318. The zero-order valence-electron chi connectivity index (χ0n) is 21.2. The van der Waals surface area contributed by atoms with Crippen LogP contribution in [0.2, 0.25) is 5.02 Å². The molecule has 1 aliphatic heterocycles. The minimum atomic E-state index is -5.01. The highest BCUT2D eigenvalue weighted by Crippen LogP contribution is 2.38. The Morgan fingerprint density at radius 1 is 1.10 bits per heavy atom. The number of nitrogens with zero attached hydrogens (tertiary/aromatic N) is 2. The van der Waals surface area contributed by atoms with E-state index in [0.29, 0.717) is 16.3 Å². The third-order valence-electron chi connectivity index (χ3n) is 5.60. The minimum absolute atomic E-state index is 0.0619. The van der Waals surface area contributed by atoms with Crippen LogP contribution in [-0.4, -0.2) is 42.5 Å². The van der Waals surface area contributed by atoms with Crippen LogP contribution in [0, 0.1) is 0 Å². The lowest BCUT2D eigenvalue weighted by molar-refractivity contribution is -0.145. The van der Waals surface area contributed by atoms with Crippen LogP contribution in [0.5, 0.6) is 5.75 Å². The molecule has 0 N–H and O–H groups in total. The van der Waals surface area contributed by atoms with Gasteiger partial charge in [-0.1, -0.05) is 47.2 Å². The molecule has 0 bridgehead atoms. The molecule has 0 saturated heterocycles.